The van der Waals surface area contributed by atoms with Crippen LogP contribution in [-0.4, -0.2) is 31.5 Å². The van der Waals surface area contributed by atoms with Crippen LogP contribution >= 0.6 is 11.8 Å². The lowest BCUT2D eigenvalue weighted by atomic mass is 10.1. The van der Waals surface area contributed by atoms with E-state index in [1.54, 1.807) is 18.2 Å². The third-order valence-corrected chi connectivity index (χ3v) is 6.63. The van der Waals surface area contributed by atoms with Crippen molar-refractivity contribution < 1.29 is 9.18 Å². The van der Waals surface area contributed by atoms with E-state index in [0.717, 1.165) is 33.8 Å². The number of aliphatic imine (C=N–C) groups is 1. The molecule has 0 saturated heterocycles. The van der Waals surface area contributed by atoms with Gasteiger partial charge in [0.1, 0.15) is 10.9 Å². The van der Waals surface area contributed by atoms with E-state index in [1.165, 1.54) is 28.9 Å². The lowest BCUT2D eigenvalue weighted by Gasteiger charge is -2.20. The zero-order valence-corrected chi connectivity index (χ0v) is 19.1. The monoisotopic (exact) mass is 457 g/mol. The third-order valence-electron chi connectivity index (χ3n) is 5.68. The second-order valence-electron chi connectivity index (χ2n) is 7.88. The Labute approximate surface area is 194 Å². The average Bonchev–Trinajstić information content (AvgIpc) is 3.33. The van der Waals surface area contributed by atoms with Crippen LogP contribution in [0.2, 0.25) is 0 Å². The number of hydrogen-bond donors (Lipinski definition) is 1. The zero-order valence-electron chi connectivity index (χ0n) is 18.3. The highest BCUT2D eigenvalue weighted by Gasteiger charge is 2.36. The fraction of sp³-hybridized carbons (Fsp3) is 0.120. The number of fused-ring (bicyclic) bond motifs is 1. The van der Waals surface area contributed by atoms with Gasteiger partial charge in [0.15, 0.2) is 5.84 Å². The van der Waals surface area contributed by atoms with Gasteiger partial charge in [0, 0.05) is 22.6 Å². The number of amides is 1. The minimum absolute atomic E-state index is 0.00679. The Bertz CT molecular complexity index is 1420. The van der Waals surface area contributed by atoms with Gasteiger partial charge in [-0.3, -0.25) is 10.2 Å². The Balaban J connectivity index is 1.52. The normalized spacial score (nSPS) is 16.8. The molecule has 33 heavy (non-hydrogen) atoms. The summed E-state index contributed by atoms with van der Waals surface area (Å²) in [7, 11) is 0. The molecule has 164 valence electrons. The number of aromatic nitrogens is 1. The molecule has 0 atom stereocenters. The average molecular weight is 458 g/mol. The smallest absolute Gasteiger partial charge is 0.283 e. The molecule has 2 aliphatic heterocycles. The maximum atomic E-state index is 13.4. The summed E-state index contributed by atoms with van der Waals surface area (Å²) in [5, 5.41) is 15.7. The van der Waals surface area contributed by atoms with Gasteiger partial charge in [-0.15, -0.1) is 0 Å². The van der Waals surface area contributed by atoms with Crippen LogP contribution in [0, 0.1) is 32.0 Å². The quantitative estimate of drug-likeness (QED) is 0.549. The number of halogens is 1. The summed E-state index contributed by atoms with van der Waals surface area (Å²) in [5.74, 6) is -0.771. The van der Waals surface area contributed by atoms with Crippen molar-refractivity contribution in [2.45, 2.75) is 20.8 Å². The van der Waals surface area contributed by atoms with Crippen LogP contribution in [0.3, 0.4) is 0 Å². The molecule has 6 nitrogen and oxygen atoms in total. The number of aryl methyl sites for hydroxylation is 2. The summed E-state index contributed by atoms with van der Waals surface area (Å²) >= 11 is 1.29. The van der Waals surface area contributed by atoms with Crippen molar-refractivity contribution in [3.8, 4) is 5.69 Å². The van der Waals surface area contributed by atoms with E-state index in [9.17, 15) is 9.18 Å². The fourth-order valence-electron chi connectivity index (χ4n) is 3.99. The molecule has 0 unspecified atom stereocenters. The molecule has 2 aromatic carbocycles. The van der Waals surface area contributed by atoms with Crippen LogP contribution in [0.25, 0.3) is 11.8 Å². The molecule has 1 aromatic heterocycles. The van der Waals surface area contributed by atoms with Crippen LogP contribution in [0.15, 0.2) is 70.3 Å². The van der Waals surface area contributed by atoms with Gasteiger partial charge in [-0.1, -0.05) is 24.3 Å². The van der Waals surface area contributed by atoms with Crippen molar-refractivity contribution in [1.29, 1.82) is 5.41 Å². The lowest BCUT2D eigenvalue weighted by molar-refractivity contribution is -0.114. The molecule has 8 heteroatoms. The van der Waals surface area contributed by atoms with E-state index in [2.05, 4.69) is 10.1 Å². The topological polar surface area (TPSA) is 73.8 Å². The van der Waals surface area contributed by atoms with Crippen LogP contribution in [0.5, 0.6) is 0 Å². The van der Waals surface area contributed by atoms with Crippen molar-refractivity contribution in [3.63, 3.8) is 0 Å². The molecule has 0 bridgehead atoms. The van der Waals surface area contributed by atoms with Gasteiger partial charge < -0.3 is 4.57 Å². The van der Waals surface area contributed by atoms with E-state index in [4.69, 9.17) is 5.41 Å². The number of thioether (sulfide) groups is 1. The summed E-state index contributed by atoms with van der Waals surface area (Å²) < 4.78 is 15.3. The van der Waals surface area contributed by atoms with E-state index in [1.807, 2.05) is 55.7 Å². The number of hydrazone groups is 1. The van der Waals surface area contributed by atoms with Crippen LogP contribution in [0.1, 0.15) is 28.1 Å². The lowest BCUT2D eigenvalue weighted by Crippen LogP contribution is -2.35. The zero-order chi connectivity index (χ0) is 23.3. The number of nitrogens with one attached hydrogen (secondary N) is 1. The highest BCUT2D eigenvalue weighted by molar-refractivity contribution is 8.27. The van der Waals surface area contributed by atoms with Gasteiger partial charge in [0.25, 0.3) is 5.91 Å². The van der Waals surface area contributed by atoms with Crippen molar-refractivity contribution in [1.82, 2.24) is 9.58 Å². The number of amidine groups is 2. The molecular weight excluding hydrogens is 437 g/mol. The first-order valence-corrected chi connectivity index (χ1v) is 11.2. The third kappa shape index (κ3) is 3.62. The molecule has 3 heterocycles. The number of hydrogen-bond acceptors (Lipinski definition) is 4. The predicted molar refractivity (Wildman–Crippen MR) is 130 cm³/mol. The Hall–Kier alpha value is -3.78. The van der Waals surface area contributed by atoms with Crippen molar-refractivity contribution >= 4 is 39.8 Å². The van der Waals surface area contributed by atoms with Crippen LogP contribution in [-0.2, 0) is 4.79 Å². The highest BCUT2D eigenvalue weighted by Crippen LogP contribution is 2.32. The Morgan fingerprint density at radius 1 is 1.06 bits per heavy atom. The van der Waals surface area contributed by atoms with E-state index in [-0.39, 0.29) is 17.2 Å². The molecule has 0 fully saturated rings. The van der Waals surface area contributed by atoms with Gasteiger partial charge in [0.2, 0.25) is 5.17 Å². The summed E-state index contributed by atoms with van der Waals surface area (Å²) in [6.45, 7) is 5.86. The Morgan fingerprint density at radius 2 is 1.79 bits per heavy atom. The number of rotatable bonds is 3. The number of carbonyl (C=O) groups excluding carboxylic acids is 1. The van der Waals surface area contributed by atoms with Gasteiger partial charge in [-0.05, 0) is 80.1 Å². The molecule has 1 amide bonds. The minimum atomic E-state index is -0.466. The fourth-order valence-corrected chi connectivity index (χ4v) is 4.97. The first-order chi connectivity index (χ1) is 15.8. The molecule has 5 rings (SSSR count). The number of carbonyl (C=O) groups is 1. The number of benzene rings is 2. The highest BCUT2D eigenvalue weighted by atomic mass is 32.2. The maximum Gasteiger partial charge on any atom is 0.283 e. The molecule has 0 aliphatic carbocycles. The van der Waals surface area contributed by atoms with Crippen LogP contribution in [0.4, 0.5) is 4.39 Å². The first-order valence-electron chi connectivity index (χ1n) is 10.3. The molecule has 1 N–H and O–H groups in total. The SMILES string of the molecule is Cc1ccccc1C1=NN2C(=N)/C(=C\c3cc(C)n(-c4ccc(F)cc4)c3C)C(=O)N=C2S1. The predicted octanol–water partition coefficient (Wildman–Crippen LogP) is 5.21. The molecule has 3 aromatic rings. The van der Waals surface area contributed by atoms with Gasteiger partial charge in [-0.25, -0.2) is 4.39 Å². The van der Waals surface area contributed by atoms with Gasteiger partial charge in [0.05, 0.1) is 5.57 Å². The minimum Gasteiger partial charge on any atom is -0.318 e. The van der Waals surface area contributed by atoms with Crippen molar-refractivity contribution in [2.24, 2.45) is 10.1 Å². The largest absolute Gasteiger partial charge is 0.318 e. The number of nitrogens with zero attached hydrogens (tertiary/aromatic N) is 4. The second-order valence-corrected chi connectivity index (χ2v) is 8.83. The standard InChI is InChI=1S/C25H20FN5OS/c1-14-6-4-5-7-20(14)24-29-31-22(27)21(23(32)28-25(31)33-24)13-17-12-15(2)30(16(17)3)19-10-8-18(26)9-11-19/h4-13,27H,1-3H3/b21-13+,27-22?. The molecule has 2 aliphatic rings. The molecule has 0 radical (unpaired) electrons. The molecule has 0 spiro atoms. The second kappa shape index (κ2) is 7.97. The van der Waals surface area contributed by atoms with E-state index < -0.39 is 5.91 Å². The van der Waals surface area contributed by atoms with Crippen molar-refractivity contribution in [3.05, 3.63) is 94.1 Å². The summed E-state index contributed by atoms with van der Waals surface area (Å²) in [6, 6.07) is 16.0. The molecular formula is C25H20FN5OS. The van der Waals surface area contributed by atoms with E-state index in [0.29, 0.717) is 10.2 Å². The van der Waals surface area contributed by atoms with Gasteiger partial charge in [-0.2, -0.15) is 15.1 Å². The van der Waals surface area contributed by atoms with Crippen LogP contribution < -0.4 is 0 Å². The molecule has 0 saturated carbocycles. The Morgan fingerprint density at radius 3 is 2.52 bits per heavy atom. The maximum absolute atomic E-state index is 13.4. The Kier molecular flexibility index (Phi) is 5.09. The first kappa shape index (κ1) is 21.1. The van der Waals surface area contributed by atoms with Crippen molar-refractivity contribution in [2.75, 3.05) is 0 Å². The van der Waals surface area contributed by atoms with E-state index >= 15 is 0 Å². The summed E-state index contributed by atoms with van der Waals surface area (Å²) in [4.78, 5) is 17.0. The summed E-state index contributed by atoms with van der Waals surface area (Å²) in [5.41, 5.74) is 5.61. The summed E-state index contributed by atoms with van der Waals surface area (Å²) in [6.07, 6.45) is 1.68. The van der Waals surface area contributed by atoms with Gasteiger partial charge >= 0.3 is 0 Å².